The van der Waals surface area contributed by atoms with Gasteiger partial charge >= 0.3 is 5.97 Å². The van der Waals surface area contributed by atoms with Gasteiger partial charge in [0, 0.05) is 6.04 Å². The number of carboxylic acids is 1. The molecular weight excluding hydrogens is 300 g/mol. The molecule has 1 rings (SSSR count). The summed E-state index contributed by atoms with van der Waals surface area (Å²) in [5, 5.41) is 9.19. The Balaban J connectivity index is 3.56. The first-order valence-corrected chi connectivity index (χ1v) is 7.57. The lowest BCUT2D eigenvalue weighted by Gasteiger charge is -2.24. The van der Waals surface area contributed by atoms with E-state index in [4.69, 9.17) is 10.2 Å². The number of carbonyl (C=O) groups excluding carboxylic acids is 1. The second kappa shape index (κ2) is 5.86. The van der Waals surface area contributed by atoms with E-state index in [2.05, 4.69) is 0 Å². The van der Waals surface area contributed by atoms with Crippen LogP contribution in [0.5, 0.6) is 0 Å². The van der Waals surface area contributed by atoms with Crippen molar-refractivity contribution in [2.24, 2.45) is 5.73 Å². The highest BCUT2D eigenvalue weighted by atomic mass is 32.2. The van der Waals surface area contributed by atoms with Crippen LogP contribution < -0.4 is 5.73 Å². The molecule has 1 amide bonds. The zero-order valence-electron chi connectivity index (χ0n) is 12.2. The number of furan rings is 1. The monoisotopic (exact) mass is 318 g/mol. The molecule has 0 fully saturated rings. The lowest BCUT2D eigenvalue weighted by Crippen LogP contribution is -2.43. The van der Waals surface area contributed by atoms with Gasteiger partial charge < -0.3 is 15.3 Å². The third kappa shape index (κ3) is 3.24. The van der Waals surface area contributed by atoms with Gasteiger partial charge in [-0.05, 0) is 27.7 Å². The van der Waals surface area contributed by atoms with Crippen LogP contribution in [0.4, 0.5) is 0 Å². The van der Waals surface area contributed by atoms with Gasteiger partial charge in [-0.25, -0.2) is 13.2 Å². The van der Waals surface area contributed by atoms with E-state index in [0.29, 0.717) is 0 Å². The van der Waals surface area contributed by atoms with Crippen LogP contribution in [0, 0.1) is 13.8 Å². The minimum atomic E-state index is -4.22. The molecule has 9 heteroatoms. The highest BCUT2D eigenvalue weighted by molar-refractivity contribution is 7.89. The van der Waals surface area contributed by atoms with Crippen LogP contribution in [0.2, 0.25) is 0 Å². The summed E-state index contributed by atoms with van der Waals surface area (Å²) in [6, 6.07) is -0.571. The van der Waals surface area contributed by atoms with Crippen LogP contribution in [0.15, 0.2) is 9.31 Å². The zero-order valence-corrected chi connectivity index (χ0v) is 13.0. The van der Waals surface area contributed by atoms with Gasteiger partial charge in [-0.15, -0.1) is 0 Å². The van der Waals surface area contributed by atoms with Crippen LogP contribution in [-0.2, 0) is 14.8 Å². The number of aromatic carboxylic acids is 1. The smallest absolute Gasteiger partial charge is 0.340 e. The van der Waals surface area contributed by atoms with Gasteiger partial charge in [0.15, 0.2) is 0 Å². The second-order valence-corrected chi connectivity index (χ2v) is 6.66. The van der Waals surface area contributed by atoms with Crippen molar-refractivity contribution in [2.45, 2.75) is 38.6 Å². The Kier molecular flexibility index (Phi) is 4.79. The highest BCUT2D eigenvalue weighted by Gasteiger charge is 2.37. The van der Waals surface area contributed by atoms with E-state index in [1.807, 2.05) is 0 Å². The van der Waals surface area contributed by atoms with Crippen molar-refractivity contribution >= 4 is 21.9 Å². The summed E-state index contributed by atoms with van der Waals surface area (Å²) in [6.45, 7) is 5.30. The van der Waals surface area contributed by atoms with Crippen LogP contribution in [-0.4, -0.2) is 42.3 Å². The molecule has 0 radical (unpaired) electrons. The molecule has 0 atom stereocenters. The molecule has 8 nitrogen and oxygen atoms in total. The Morgan fingerprint density at radius 1 is 1.29 bits per heavy atom. The quantitative estimate of drug-likeness (QED) is 0.784. The summed E-state index contributed by atoms with van der Waals surface area (Å²) >= 11 is 0. The number of nitrogens with zero attached hydrogens (tertiary/aromatic N) is 1. The maximum Gasteiger partial charge on any atom is 0.340 e. The predicted octanol–water partition coefficient (Wildman–Crippen LogP) is 0.479. The average molecular weight is 318 g/mol. The van der Waals surface area contributed by atoms with E-state index in [-0.39, 0.29) is 11.5 Å². The number of nitrogens with two attached hydrogens (primary N) is 1. The summed E-state index contributed by atoms with van der Waals surface area (Å²) in [6.07, 6.45) is 0. The molecule has 118 valence electrons. The van der Waals surface area contributed by atoms with Crippen molar-refractivity contribution in [3.8, 4) is 0 Å². The molecule has 0 aliphatic rings. The summed E-state index contributed by atoms with van der Waals surface area (Å²) < 4.78 is 31.3. The number of carboxylic acid groups (broad SMARTS) is 1. The number of carbonyl (C=O) groups is 2. The molecular formula is C12H18N2O6S. The van der Waals surface area contributed by atoms with E-state index < -0.39 is 44.9 Å². The van der Waals surface area contributed by atoms with Crippen molar-refractivity contribution in [1.82, 2.24) is 4.31 Å². The summed E-state index contributed by atoms with van der Waals surface area (Å²) in [7, 11) is -4.22. The maximum absolute atomic E-state index is 12.7. The number of hydrogen-bond acceptors (Lipinski definition) is 5. The first-order chi connectivity index (χ1) is 9.50. The molecule has 1 heterocycles. The topological polar surface area (TPSA) is 131 Å². The lowest BCUT2D eigenvalue weighted by atomic mass is 10.2. The number of hydrogen-bond donors (Lipinski definition) is 2. The average Bonchev–Trinajstić information content (AvgIpc) is 2.60. The fourth-order valence-electron chi connectivity index (χ4n) is 2.04. The molecule has 0 spiro atoms. The summed E-state index contributed by atoms with van der Waals surface area (Å²) in [4.78, 5) is 21.9. The van der Waals surface area contributed by atoms with E-state index in [9.17, 15) is 23.1 Å². The van der Waals surface area contributed by atoms with Gasteiger partial charge in [-0.1, -0.05) is 0 Å². The standard InChI is InChI=1S/C12H18N2O6S/c1-6(2)14(5-9(13)15)21(18,19)11-8(4)20-7(3)10(11)12(16)17/h6H,5H2,1-4H3,(H2,13,15)(H,16,17). The van der Waals surface area contributed by atoms with Gasteiger partial charge in [0.2, 0.25) is 15.9 Å². The van der Waals surface area contributed by atoms with Crippen LogP contribution in [0.3, 0.4) is 0 Å². The summed E-state index contributed by atoms with van der Waals surface area (Å²) in [5.74, 6) is -2.30. The Morgan fingerprint density at radius 3 is 2.19 bits per heavy atom. The van der Waals surface area contributed by atoms with Gasteiger partial charge in [-0.2, -0.15) is 4.31 Å². The fraction of sp³-hybridized carbons (Fsp3) is 0.500. The lowest BCUT2D eigenvalue weighted by molar-refractivity contribution is -0.118. The number of amides is 1. The molecule has 1 aromatic heterocycles. The van der Waals surface area contributed by atoms with Crippen molar-refractivity contribution < 1.29 is 27.5 Å². The maximum atomic E-state index is 12.7. The van der Waals surface area contributed by atoms with Gasteiger partial charge in [-0.3, -0.25) is 4.79 Å². The molecule has 0 aromatic carbocycles. The van der Waals surface area contributed by atoms with Crippen molar-refractivity contribution in [1.29, 1.82) is 0 Å². The minimum absolute atomic E-state index is 0.0126. The van der Waals surface area contributed by atoms with E-state index in [1.54, 1.807) is 13.8 Å². The third-order valence-corrected chi connectivity index (χ3v) is 5.05. The SMILES string of the molecule is Cc1oc(C)c(S(=O)(=O)N(CC(N)=O)C(C)C)c1C(=O)O. The Hall–Kier alpha value is -1.87. The molecule has 0 unspecified atom stereocenters. The van der Waals surface area contributed by atoms with Crippen LogP contribution >= 0.6 is 0 Å². The normalized spacial score (nSPS) is 12.1. The van der Waals surface area contributed by atoms with Crippen LogP contribution in [0.1, 0.15) is 35.7 Å². The number of primary amides is 1. The Bertz CT molecular complexity index is 674. The van der Waals surface area contributed by atoms with Gasteiger partial charge in [0.25, 0.3) is 0 Å². The minimum Gasteiger partial charge on any atom is -0.478 e. The molecule has 21 heavy (non-hydrogen) atoms. The Morgan fingerprint density at radius 2 is 1.81 bits per heavy atom. The van der Waals surface area contributed by atoms with Crippen LogP contribution in [0.25, 0.3) is 0 Å². The van der Waals surface area contributed by atoms with E-state index in [0.717, 1.165) is 4.31 Å². The van der Waals surface area contributed by atoms with E-state index >= 15 is 0 Å². The number of rotatable bonds is 6. The van der Waals surface area contributed by atoms with Gasteiger partial charge in [0.05, 0.1) is 6.54 Å². The van der Waals surface area contributed by atoms with Crippen molar-refractivity contribution in [3.63, 3.8) is 0 Å². The third-order valence-electron chi connectivity index (χ3n) is 2.87. The van der Waals surface area contributed by atoms with Gasteiger partial charge in [0.1, 0.15) is 22.0 Å². The fourth-order valence-corrected chi connectivity index (χ4v) is 4.02. The molecule has 0 saturated heterocycles. The zero-order chi connectivity index (χ0) is 16.5. The number of aryl methyl sites for hydroxylation is 2. The Labute approximate surface area is 122 Å². The highest BCUT2D eigenvalue weighted by Crippen LogP contribution is 2.30. The first kappa shape index (κ1) is 17.2. The molecule has 0 aliphatic heterocycles. The largest absolute Gasteiger partial charge is 0.478 e. The molecule has 1 aromatic rings. The predicted molar refractivity (Wildman–Crippen MR) is 73.4 cm³/mol. The molecule has 0 aliphatic carbocycles. The summed E-state index contributed by atoms with van der Waals surface area (Å²) in [5.41, 5.74) is 4.63. The number of sulfonamides is 1. The first-order valence-electron chi connectivity index (χ1n) is 6.13. The molecule has 0 bridgehead atoms. The van der Waals surface area contributed by atoms with Crippen molar-refractivity contribution in [2.75, 3.05) is 6.54 Å². The molecule has 3 N–H and O–H groups in total. The van der Waals surface area contributed by atoms with Crippen molar-refractivity contribution in [3.05, 3.63) is 17.1 Å². The van der Waals surface area contributed by atoms with E-state index in [1.165, 1.54) is 13.8 Å². The molecule has 0 saturated carbocycles. The second-order valence-electron chi connectivity index (χ2n) is 4.83.